The highest BCUT2D eigenvalue weighted by molar-refractivity contribution is 7.15. The monoisotopic (exact) mass is 321 g/mol. The van der Waals surface area contributed by atoms with Crippen LogP contribution in [0.2, 0.25) is 5.02 Å². The van der Waals surface area contributed by atoms with Crippen LogP contribution in [0.5, 0.6) is 0 Å². The summed E-state index contributed by atoms with van der Waals surface area (Å²) in [6.45, 7) is 5.40. The Labute approximate surface area is 134 Å². The first-order valence-corrected chi connectivity index (χ1v) is 8.65. The van der Waals surface area contributed by atoms with E-state index in [1.165, 1.54) is 23.4 Å². The molecule has 21 heavy (non-hydrogen) atoms. The zero-order chi connectivity index (χ0) is 14.8. The lowest BCUT2D eigenvalue weighted by molar-refractivity contribution is 0.624. The molecule has 0 radical (unpaired) electrons. The van der Waals surface area contributed by atoms with Gasteiger partial charge in [-0.3, -0.25) is 4.98 Å². The number of halogens is 1. The predicted octanol–water partition coefficient (Wildman–Crippen LogP) is 4.31. The topological polar surface area (TPSA) is 37.8 Å². The van der Waals surface area contributed by atoms with Crippen molar-refractivity contribution in [2.24, 2.45) is 5.92 Å². The lowest BCUT2D eigenvalue weighted by atomic mass is 10.1. The third-order valence-electron chi connectivity index (χ3n) is 3.45. The van der Waals surface area contributed by atoms with E-state index in [1.54, 1.807) is 17.5 Å². The van der Waals surface area contributed by atoms with Gasteiger partial charge in [-0.05, 0) is 37.3 Å². The third kappa shape index (κ3) is 4.02. The number of rotatable bonds is 6. The Balaban J connectivity index is 1.84. The normalized spacial score (nSPS) is 14.9. The summed E-state index contributed by atoms with van der Waals surface area (Å²) in [6.07, 6.45) is 5.32. The van der Waals surface area contributed by atoms with Crippen molar-refractivity contribution in [1.29, 1.82) is 0 Å². The number of hydrogen-bond acceptors (Lipinski definition) is 4. The molecule has 2 heterocycles. The zero-order valence-corrected chi connectivity index (χ0v) is 14.0. The van der Waals surface area contributed by atoms with Crippen molar-refractivity contribution in [3.63, 3.8) is 0 Å². The number of thiazole rings is 1. The van der Waals surface area contributed by atoms with Crippen LogP contribution >= 0.6 is 22.9 Å². The SMILES string of the molecule is CC(C)Cc1nc(-c2ccc(Cl)cn2)sc1CNC1CC1. The fraction of sp³-hybridized carbons (Fsp3) is 0.500. The molecule has 3 rings (SSSR count). The summed E-state index contributed by atoms with van der Waals surface area (Å²) in [5.74, 6) is 0.609. The van der Waals surface area contributed by atoms with E-state index in [9.17, 15) is 0 Å². The van der Waals surface area contributed by atoms with Crippen LogP contribution in [0.15, 0.2) is 18.3 Å². The van der Waals surface area contributed by atoms with Gasteiger partial charge in [0, 0.05) is 23.7 Å². The molecular weight excluding hydrogens is 302 g/mol. The molecule has 0 aliphatic heterocycles. The van der Waals surface area contributed by atoms with Crippen molar-refractivity contribution < 1.29 is 0 Å². The average Bonchev–Trinajstić information content (AvgIpc) is 3.19. The molecule has 5 heteroatoms. The standard InChI is InChI=1S/C16H20ClN3S/c1-10(2)7-14-15(9-18-12-4-5-12)21-16(20-14)13-6-3-11(17)8-19-13/h3,6,8,10,12,18H,4-5,7,9H2,1-2H3. The molecule has 1 saturated carbocycles. The van der Waals surface area contributed by atoms with Crippen LogP contribution < -0.4 is 5.32 Å². The van der Waals surface area contributed by atoms with Gasteiger partial charge in [0.05, 0.1) is 16.4 Å². The summed E-state index contributed by atoms with van der Waals surface area (Å²) in [4.78, 5) is 10.6. The minimum Gasteiger partial charge on any atom is -0.309 e. The summed E-state index contributed by atoms with van der Waals surface area (Å²) < 4.78 is 0. The Morgan fingerprint density at radius 3 is 2.81 bits per heavy atom. The molecular formula is C16H20ClN3S. The van der Waals surface area contributed by atoms with Crippen LogP contribution in [-0.4, -0.2) is 16.0 Å². The summed E-state index contributed by atoms with van der Waals surface area (Å²) in [7, 11) is 0. The second-order valence-corrected chi connectivity index (χ2v) is 7.52. The molecule has 1 aliphatic rings. The van der Waals surface area contributed by atoms with Crippen molar-refractivity contribution in [3.05, 3.63) is 33.9 Å². The van der Waals surface area contributed by atoms with E-state index >= 15 is 0 Å². The number of hydrogen-bond donors (Lipinski definition) is 1. The Kier molecular flexibility index (Phi) is 4.57. The van der Waals surface area contributed by atoms with E-state index in [0.717, 1.165) is 29.7 Å². The van der Waals surface area contributed by atoms with Gasteiger partial charge < -0.3 is 5.32 Å². The molecule has 0 spiro atoms. The molecule has 0 saturated heterocycles. The van der Waals surface area contributed by atoms with E-state index in [2.05, 4.69) is 24.1 Å². The van der Waals surface area contributed by atoms with Crippen LogP contribution in [0.4, 0.5) is 0 Å². The fourth-order valence-electron chi connectivity index (χ4n) is 2.20. The molecule has 1 N–H and O–H groups in total. The first-order chi connectivity index (χ1) is 10.1. The fourth-order valence-corrected chi connectivity index (χ4v) is 3.33. The molecule has 0 unspecified atom stereocenters. The largest absolute Gasteiger partial charge is 0.309 e. The lowest BCUT2D eigenvalue weighted by Crippen LogP contribution is -2.15. The second kappa shape index (κ2) is 6.42. The van der Waals surface area contributed by atoms with Crippen LogP contribution in [0.25, 0.3) is 10.7 Å². The Bertz CT molecular complexity index is 602. The van der Waals surface area contributed by atoms with Gasteiger partial charge in [-0.15, -0.1) is 11.3 Å². The smallest absolute Gasteiger partial charge is 0.142 e. The maximum Gasteiger partial charge on any atom is 0.142 e. The van der Waals surface area contributed by atoms with Crippen LogP contribution in [0, 0.1) is 5.92 Å². The van der Waals surface area contributed by atoms with Gasteiger partial charge in [0.25, 0.3) is 0 Å². The predicted molar refractivity (Wildman–Crippen MR) is 88.8 cm³/mol. The first-order valence-electron chi connectivity index (χ1n) is 7.45. The van der Waals surface area contributed by atoms with Crippen LogP contribution in [0.1, 0.15) is 37.3 Å². The molecule has 0 bridgehead atoms. The van der Waals surface area contributed by atoms with Crippen LogP contribution in [0.3, 0.4) is 0 Å². The lowest BCUT2D eigenvalue weighted by Gasteiger charge is -2.05. The van der Waals surface area contributed by atoms with E-state index < -0.39 is 0 Å². The minimum absolute atomic E-state index is 0.609. The van der Waals surface area contributed by atoms with Gasteiger partial charge in [0.15, 0.2) is 0 Å². The maximum atomic E-state index is 5.91. The van der Waals surface area contributed by atoms with E-state index in [0.29, 0.717) is 10.9 Å². The molecule has 3 nitrogen and oxygen atoms in total. The maximum absolute atomic E-state index is 5.91. The van der Waals surface area contributed by atoms with Crippen molar-refractivity contribution in [2.45, 2.75) is 45.7 Å². The Morgan fingerprint density at radius 1 is 1.38 bits per heavy atom. The zero-order valence-electron chi connectivity index (χ0n) is 12.4. The second-order valence-electron chi connectivity index (χ2n) is 6.00. The van der Waals surface area contributed by atoms with E-state index in [4.69, 9.17) is 16.6 Å². The highest BCUT2D eigenvalue weighted by atomic mass is 35.5. The molecule has 1 fully saturated rings. The highest BCUT2D eigenvalue weighted by Crippen LogP contribution is 2.30. The van der Waals surface area contributed by atoms with Gasteiger partial charge in [-0.1, -0.05) is 25.4 Å². The van der Waals surface area contributed by atoms with Gasteiger partial charge in [0.2, 0.25) is 0 Å². The molecule has 0 atom stereocenters. The average molecular weight is 322 g/mol. The van der Waals surface area contributed by atoms with Crippen LogP contribution in [-0.2, 0) is 13.0 Å². The van der Waals surface area contributed by atoms with Gasteiger partial charge in [-0.2, -0.15) is 0 Å². The summed E-state index contributed by atoms with van der Waals surface area (Å²) in [5.41, 5.74) is 2.13. The van der Waals surface area contributed by atoms with Gasteiger partial charge in [-0.25, -0.2) is 4.98 Å². The first kappa shape index (κ1) is 14.9. The summed E-state index contributed by atoms with van der Waals surface area (Å²) in [5, 5.41) is 5.25. The molecule has 1 aliphatic carbocycles. The quantitative estimate of drug-likeness (QED) is 0.861. The Morgan fingerprint density at radius 2 is 2.19 bits per heavy atom. The van der Waals surface area contributed by atoms with Crippen molar-refractivity contribution in [3.8, 4) is 10.7 Å². The molecule has 0 amide bonds. The Hall–Kier alpha value is -0.970. The number of aromatic nitrogens is 2. The molecule has 0 aromatic carbocycles. The molecule has 2 aromatic rings. The summed E-state index contributed by atoms with van der Waals surface area (Å²) in [6, 6.07) is 4.53. The highest BCUT2D eigenvalue weighted by Gasteiger charge is 2.22. The molecule has 2 aromatic heterocycles. The number of nitrogens with one attached hydrogen (secondary N) is 1. The van der Waals surface area contributed by atoms with Crippen molar-refractivity contribution in [2.75, 3.05) is 0 Å². The van der Waals surface area contributed by atoms with Gasteiger partial charge in [0.1, 0.15) is 5.01 Å². The number of nitrogens with zero attached hydrogens (tertiary/aromatic N) is 2. The number of pyridine rings is 1. The van der Waals surface area contributed by atoms with E-state index in [-0.39, 0.29) is 0 Å². The minimum atomic E-state index is 0.609. The van der Waals surface area contributed by atoms with E-state index in [1.807, 2.05) is 12.1 Å². The summed E-state index contributed by atoms with van der Waals surface area (Å²) >= 11 is 7.66. The van der Waals surface area contributed by atoms with Crippen molar-refractivity contribution >= 4 is 22.9 Å². The van der Waals surface area contributed by atoms with Crippen molar-refractivity contribution in [1.82, 2.24) is 15.3 Å². The van der Waals surface area contributed by atoms with Gasteiger partial charge >= 0.3 is 0 Å². The third-order valence-corrected chi connectivity index (χ3v) is 4.80. The molecule has 112 valence electrons.